The van der Waals surface area contributed by atoms with Crippen molar-refractivity contribution in [2.75, 3.05) is 42.3 Å². The van der Waals surface area contributed by atoms with Crippen molar-refractivity contribution in [2.45, 2.75) is 19.1 Å². The summed E-state index contributed by atoms with van der Waals surface area (Å²) in [5.41, 5.74) is 8.09. The molecule has 2 aliphatic rings. The Kier molecular flexibility index (Phi) is 5.12. The van der Waals surface area contributed by atoms with Crippen LogP contribution in [0.4, 0.5) is 30.8 Å². The van der Waals surface area contributed by atoms with Gasteiger partial charge in [0.05, 0.1) is 24.9 Å². The van der Waals surface area contributed by atoms with Crippen LogP contribution >= 0.6 is 0 Å². The lowest BCUT2D eigenvalue weighted by molar-refractivity contribution is 0.172. The normalized spacial score (nSPS) is 19.6. The molecule has 1 fully saturated rings. The van der Waals surface area contributed by atoms with Gasteiger partial charge in [-0.3, -0.25) is 4.90 Å². The fourth-order valence-corrected chi connectivity index (χ4v) is 4.27. The number of halogens is 2. The van der Waals surface area contributed by atoms with Crippen molar-refractivity contribution < 1.29 is 28.2 Å². The van der Waals surface area contributed by atoms with Crippen molar-refractivity contribution in [1.82, 2.24) is 9.97 Å². The van der Waals surface area contributed by atoms with Gasteiger partial charge in [-0.1, -0.05) is 0 Å². The molecule has 0 radical (unpaired) electrons. The third kappa shape index (κ3) is 3.44. The highest BCUT2D eigenvalue weighted by Crippen LogP contribution is 2.40. The first-order valence-corrected chi connectivity index (χ1v) is 10.3. The van der Waals surface area contributed by atoms with Crippen LogP contribution in [0.2, 0.25) is 0 Å². The molecule has 2 unspecified atom stereocenters. The summed E-state index contributed by atoms with van der Waals surface area (Å²) in [4.78, 5) is 21.2. The predicted octanol–water partition coefficient (Wildman–Crippen LogP) is 3.35. The summed E-state index contributed by atoms with van der Waals surface area (Å²) in [6.45, 7) is 2.63. The monoisotopic (exact) mass is 457 g/mol. The zero-order valence-electron chi connectivity index (χ0n) is 17.6. The largest absolute Gasteiger partial charge is 0.474 e. The van der Waals surface area contributed by atoms with Crippen LogP contribution in [-0.4, -0.2) is 59.7 Å². The maximum Gasteiger partial charge on any atom is 0.413 e. The number of alkyl halides is 1. The van der Waals surface area contributed by atoms with Crippen molar-refractivity contribution in [3.05, 3.63) is 35.9 Å². The highest BCUT2D eigenvalue weighted by Gasteiger charge is 2.38. The first-order chi connectivity index (χ1) is 15.9. The van der Waals surface area contributed by atoms with E-state index in [1.54, 1.807) is 6.07 Å². The van der Waals surface area contributed by atoms with Crippen LogP contribution < -0.4 is 20.7 Å². The minimum absolute atomic E-state index is 0.000428. The molecule has 0 spiro atoms. The summed E-state index contributed by atoms with van der Waals surface area (Å²) in [5.74, 6) is -0.193. The topological polar surface area (TPSA) is 123 Å². The van der Waals surface area contributed by atoms with Gasteiger partial charge in [0.1, 0.15) is 24.3 Å². The van der Waals surface area contributed by atoms with E-state index in [0.717, 1.165) is 10.5 Å². The Morgan fingerprint density at radius 1 is 1.27 bits per heavy atom. The van der Waals surface area contributed by atoms with E-state index in [0.29, 0.717) is 41.1 Å². The van der Waals surface area contributed by atoms with E-state index >= 15 is 4.39 Å². The molecule has 11 heteroatoms. The highest BCUT2D eigenvalue weighted by molar-refractivity contribution is 5.99. The molecular weight excluding hydrogens is 436 g/mol. The first kappa shape index (κ1) is 21.1. The lowest BCUT2D eigenvalue weighted by Crippen LogP contribution is -2.45. The molecular formula is C22H21F2N5O4. The van der Waals surface area contributed by atoms with Crippen LogP contribution in [0.3, 0.4) is 0 Å². The molecule has 1 saturated heterocycles. The molecule has 9 nitrogen and oxygen atoms in total. The number of carboxylic acid groups (broad SMARTS) is 1. The Balaban J connectivity index is 1.65. The highest BCUT2D eigenvalue weighted by atomic mass is 19.1. The van der Waals surface area contributed by atoms with Crippen molar-refractivity contribution >= 4 is 34.1 Å². The maximum atomic E-state index is 15.3. The van der Waals surface area contributed by atoms with Crippen LogP contribution in [0.1, 0.15) is 5.56 Å². The number of fused-ring (bicyclic) bond motifs is 2. The van der Waals surface area contributed by atoms with E-state index in [1.165, 1.54) is 18.5 Å². The van der Waals surface area contributed by atoms with Gasteiger partial charge in [0, 0.05) is 35.5 Å². The SMILES string of the molecule is Cc1c(-c2cc3cc(N(C(=O)O)C4COCC4F)ncc3c(N)c2F)cnc2c1NCCO2. The molecule has 4 N–H and O–H groups in total. The number of aromatic nitrogens is 2. The van der Waals surface area contributed by atoms with E-state index in [9.17, 15) is 14.3 Å². The van der Waals surface area contributed by atoms with E-state index in [1.807, 2.05) is 6.92 Å². The minimum Gasteiger partial charge on any atom is -0.474 e. The van der Waals surface area contributed by atoms with Crippen LogP contribution in [0.15, 0.2) is 24.5 Å². The number of nitrogen functional groups attached to an aromatic ring is 1. The summed E-state index contributed by atoms with van der Waals surface area (Å²) in [6, 6.07) is 1.99. The van der Waals surface area contributed by atoms with Gasteiger partial charge < -0.3 is 25.6 Å². The van der Waals surface area contributed by atoms with Gasteiger partial charge in [0.15, 0.2) is 5.82 Å². The average molecular weight is 457 g/mol. The Bertz CT molecular complexity index is 1270. The van der Waals surface area contributed by atoms with Gasteiger partial charge in [0.25, 0.3) is 0 Å². The number of nitrogens with two attached hydrogens (primary N) is 1. The molecule has 1 amide bonds. The van der Waals surface area contributed by atoms with E-state index in [4.69, 9.17) is 15.2 Å². The molecule has 0 bridgehead atoms. The third-order valence-electron chi connectivity index (χ3n) is 5.99. The Hall–Kier alpha value is -3.73. The summed E-state index contributed by atoms with van der Waals surface area (Å²) >= 11 is 0. The first-order valence-electron chi connectivity index (χ1n) is 10.3. The molecule has 2 atom stereocenters. The van der Waals surface area contributed by atoms with Gasteiger partial charge in [0.2, 0.25) is 5.88 Å². The standard InChI is InChI=1S/C22H21F2N5O4/c1-10-13(6-28-21-20(10)26-2-3-33-21)12-4-11-5-17(27-7-14(11)19(25)18(12)24)29(22(30)31)16-9-32-8-15(16)23/h4-7,15-16,26H,2-3,8-9,25H2,1H3,(H,30,31). The fourth-order valence-electron chi connectivity index (χ4n) is 4.27. The molecule has 4 heterocycles. The number of benzene rings is 1. The van der Waals surface area contributed by atoms with Gasteiger partial charge in [-0.05, 0) is 30.0 Å². The average Bonchev–Trinajstić information content (AvgIpc) is 3.22. The van der Waals surface area contributed by atoms with E-state index in [2.05, 4.69) is 15.3 Å². The quantitative estimate of drug-likeness (QED) is 0.512. The minimum atomic E-state index is -1.48. The van der Waals surface area contributed by atoms with Crippen LogP contribution in [-0.2, 0) is 4.74 Å². The smallest absolute Gasteiger partial charge is 0.413 e. The van der Waals surface area contributed by atoms with E-state index < -0.39 is 24.1 Å². The van der Waals surface area contributed by atoms with Gasteiger partial charge in [-0.2, -0.15) is 0 Å². The number of carbonyl (C=O) groups is 1. The van der Waals surface area contributed by atoms with Gasteiger partial charge >= 0.3 is 6.09 Å². The van der Waals surface area contributed by atoms with Crippen LogP contribution in [0, 0.1) is 12.7 Å². The number of ether oxygens (including phenoxy) is 2. The zero-order valence-corrected chi connectivity index (χ0v) is 17.6. The van der Waals surface area contributed by atoms with Crippen molar-refractivity contribution in [3.8, 4) is 17.0 Å². The summed E-state index contributed by atoms with van der Waals surface area (Å²) in [7, 11) is 0. The Morgan fingerprint density at radius 3 is 2.82 bits per heavy atom. The Labute approximate surface area is 187 Å². The van der Waals surface area contributed by atoms with Crippen LogP contribution in [0.25, 0.3) is 21.9 Å². The lowest BCUT2D eigenvalue weighted by Gasteiger charge is -2.25. The number of anilines is 3. The second kappa shape index (κ2) is 8.00. The van der Waals surface area contributed by atoms with Crippen LogP contribution in [0.5, 0.6) is 5.88 Å². The van der Waals surface area contributed by atoms with E-state index in [-0.39, 0.29) is 30.3 Å². The lowest BCUT2D eigenvalue weighted by atomic mass is 9.97. The van der Waals surface area contributed by atoms with Crippen molar-refractivity contribution in [1.29, 1.82) is 0 Å². The Morgan fingerprint density at radius 2 is 2.09 bits per heavy atom. The van der Waals surface area contributed by atoms with Crippen molar-refractivity contribution in [2.24, 2.45) is 0 Å². The number of nitrogens with zero attached hydrogens (tertiary/aromatic N) is 3. The maximum absolute atomic E-state index is 15.3. The molecule has 5 rings (SSSR count). The number of pyridine rings is 2. The third-order valence-corrected chi connectivity index (χ3v) is 5.99. The van der Waals surface area contributed by atoms with Gasteiger partial charge in [-0.15, -0.1) is 0 Å². The zero-order chi connectivity index (χ0) is 23.3. The predicted molar refractivity (Wildman–Crippen MR) is 118 cm³/mol. The van der Waals surface area contributed by atoms with Gasteiger partial charge in [-0.25, -0.2) is 23.5 Å². The molecule has 33 heavy (non-hydrogen) atoms. The fraction of sp³-hybridized carbons (Fsp3) is 0.318. The molecule has 0 aliphatic carbocycles. The molecule has 1 aromatic carbocycles. The molecule has 0 saturated carbocycles. The number of hydrogen-bond acceptors (Lipinski definition) is 7. The summed E-state index contributed by atoms with van der Waals surface area (Å²) in [5, 5.41) is 13.7. The molecule has 2 aromatic heterocycles. The molecule has 172 valence electrons. The number of nitrogens with one attached hydrogen (secondary N) is 1. The second-order valence-corrected chi connectivity index (χ2v) is 7.94. The van der Waals surface area contributed by atoms with Crippen molar-refractivity contribution in [3.63, 3.8) is 0 Å². The second-order valence-electron chi connectivity index (χ2n) is 7.94. The number of rotatable bonds is 3. The molecule has 3 aromatic rings. The summed E-state index contributed by atoms with van der Waals surface area (Å²) < 4.78 is 40.2. The molecule has 2 aliphatic heterocycles. The number of hydrogen-bond donors (Lipinski definition) is 3. The number of amides is 1. The summed E-state index contributed by atoms with van der Waals surface area (Å²) in [6.07, 6.45) is -0.0401.